The maximum Gasteiger partial charge on any atom is 0.287 e. The number of anilines is 1. The predicted octanol–water partition coefficient (Wildman–Crippen LogP) is 3.99. The summed E-state index contributed by atoms with van der Waals surface area (Å²) in [5.74, 6) is -0.313. The van der Waals surface area contributed by atoms with Crippen molar-refractivity contribution in [1.82, 2.24) is 9.66 Å². The summed E-state index contributed by atoms with van der Waals surface area (Å²) in [6.45, 7) is 0. The minimum atomic E-state index is -0.465. The van der Waals surface area contributed by atoms with Gasteiger partial charge in [-0.1, -0.05) is 0 Å². The van der Waals surface area contributed by atoms with E-state index in [0.717, 1.165) is 4.70 Å². The minimum absolute atomic E-state index is 0.0251. The maximum absolute atomic E-state index is 13.3. The van der Waals surface area contributed by atoms with Crippen LogP contribution in [0.3, 0.4) is 0 Å². The number of imidazole rings is 1. The van der Waals surface area contributed by atoms with Gasteiger partial charge in [0.15, 0.2) is 0 Å². The van der Waals surface area contributed by atoms with E-state index in [1.54, 1.807) is 48.8 Å². The number of aromatic nitrogens is 2. The van der Waals surface area contributed by atoms with Gasteiger partial charge in [0, 0.05) is 34.6 Å². The molecular weight excluding hydrogens is 378 g/mol. The van der Waals surface area contributed by atoms with Crippen molar-refractivity contribution in [1.29, 1.82) is 5.26 Å². The number of carbonyl (C=O) groups excluding carboxylic acids is 1. The monoisotopic (exact) mass is 389 g/mol. The number of benzene rings is 2. The van der Waals surface area contributed by atoms with Crippen LogP contribution in [0.25, 0.3) is 10.1 Å². The van der Waals surface area contributed by atoms with Crippen LogP contribution >= 0.6 is 11.3 Å². The first-order valence-corrected chi connectivity index (χ1v) is 8.89. The number of carbonyl (C=O) groups is 1. The van der Waals surface area contributed by atoms with Gasteiger partial charge in [-0.05, 0) is 36.4 Å². The van der Waals surface area contributed by atoms with Crippen molar-refractivity contribution in [3.05, 3.63) is 87.8 Å². The molecule has 0 saturated carbocycles. The van der Waals surface area contributed by atoms with Crippen LogP contribution in [0, 0.1) is 21.4 Å². The number of hydrogen-bond donors (Lipinski definition) is 0. The highest BCUT2D eigenvalue weighted by Crippen LogP contribution is 2.31. The zero-order valence-electron chi connectivity index (χ0n) is 14.2. The highest BCUT2D eigenvalue weighted by Gasteiger charge is 2.22. The van der Waals surface area contributed by atoms with E-state index in [-0.39, 0.29) is 11.6 Å². The van der Waals surface area contributed by atoms with Crippen LogP contribution in [0.4, 0.5) is 11.4 Å². The summed E-state index contributed by atoms with van der Waals surface area (Å²) < 4.78 is 2.32. The molecule has 0 N–H and O–H groups in total. The number of nitro groups is 1. The van der Waals surface area contributed by atoms with E-state index in [1.165, 1.54) is 39.5 Å². The van der Waals surface area contributed by atoms with Gasteiger partial charge in [-0.2, -0.15) is 5.26 Å². The fourth-order valence-electron chi connectivity index (χ4n) is 2.76. The first kappa shape index (κ1) is 17.4. The van der Waals surface area contributed by atoms with Gasteiger partial charge >= 0.3 is 0 Å². The van der Waals surface area contributed by atoms with Gasteiger partial charge in [0.05, 0.1) is 27.1 Å². The molecule has 8 nitrogen and oxygen atoms in total. The first-order valence-electron chi connectivity index (χ1n) is 8.07. The predicted molar refractivity (Wildman–Crippen MR) is 104 cm³/mol. The van der Waals surface area contributed by atoms with Crippen LogP contribution in [0.15, 0.2) is 67.3 Å². The third-order valence-corrected chi connectivity index (χ3v) is 5.18. The molecule has 0 atom stereocenters. The molecule has 0 fully saturated rings. The molecule has 0 saturated heterocycles. The highest BCUT2D eigenvalue weighted by atomic mass is 32.1. The van der Waals surface area contributed by atoms with Crippen LogP contribution in [-0.2, 0) is 0 Å². The molecule has 0 unspecified atom stereocenters. The molecule has 2 aromatic heterocycles. The van der Waals surface area contributed by atoms with Crippen molar-refractivity contribution in [3.8, 4) is 6.07 Å². The largest absolute Gasteiger partial charge is 0.287 e. The summed E-state index contributed by atoms with van der Waals surface area (Å²) in [5.41, 5.74) is 1.02. The van der Waals surface area contributed by atoms with Crippen LogP contribution in [0.1, 0.15) is 15.2 Å². The molecule has 0 bridgehead atoms. The second-order valence-corrected chi connectivity index (χ2v) is 6.89. The molecule has 0 aliphatic heterocycles. The number of nitrogens with zero attached hydrogens (tertiary/aromatic N) is 5. The highest BCUT2D eigenvalue weighted by molar-refractivity contribution is 7.20. The summed E-state index contributed by atoms with van der Waals surface area (Å²) >= 11 is 1.25. The van der Waals surface area contributed by atoms with E-state index in [9.17, 15) is 14.9 Å². The molecule has 2 heterocycles. The van der Waals surface area contributed by atoms with Crippen molar-refractivity contribution in [3.63, 3.8) is 0 Å². The Bertz CT molecular complexity index is 1220. The summed E-state index contributed by atoms with van der Waals surface area (Å²) in [6.07, 6.45) is 4.68. The van der Waals surface area contributed by atoms with Crippen molar-refractivity contribution < 1.29 is 9.72 Å². The normalized spacial score (nSPS) is 10.5. The van der Waals surface area contributed by atoms with Gasteiger partial charge in [0.1, 0.15) is 6.33 Å². The van der Waals surface area contributed by atoms with Crippen molar-refractivity contribution >= 4 is 38.7 Å². The lowest BCUT2D eigenvalue weighted by molar-refractivity contribution is -0.384. The topological polar surface area (TPSA) is 105 Å². The Morgan fingerprint density at radius 3 is 2.64 bits per heavy atom. The van der Waals surface area contributed by atoms with Crippen LogP contribution in [-0.4, -0.2) is 20.5 Å². The first-order chi connectivity index (χ1) is 13.6. The quantitative estimate of drug-likeness (QED) is 0.388. The van der Waals surface area contributed by atoms with Crippen molar-refractivity contribution in [2.45, 2.75) is 0 Å². The molecule has 0 spiro atoms. The van der Waals surface area contributed by atoms with Gasteiger partial charge in [-0.25, -0.2) is 14.7 Å². The van der Waals surface area contributed by atoms with Gasteiger partial charge in [0.2, 0.25) is 0 Å². The zero-order chi connectivity index (χ0) is 19.7. The van der Waals surface area contributed by atoms with Crippen molar-refractivity contribution in [2.75, 3.05) is 5.01 Å². The van der Waals surface area contributed by atoms with Crippen LogP contribution in [0.2, 0.25) is 0 Å². The third-order valence-electron chi connectivity index (χ3n) is 4.08. The Balaban J connectivity index is 1.78. The Kier molecular flexibility index (Phi) is 4.31. The molecule has 0 aliphatic rings. The lowest BCUT2D eigenvalue weighted by Crippen LogP contribution is -2.34. The number of nitro benzene ring substituents is 1. The Labute approximate surface area is 162 Å². The van der Waals surface area contributed by atoms with Crippen molar-refractivity contribution in [2.24, 2.45) is 0 Å². The molecule has 4 rings (SSSR count). The fourth-order valence-corrected chi connectivity index (χ4v) is 3.73. The lowest BCUT2D eigenvalue weighted by Gasteiger charge is -2.22. The molecular formula is C19H11N5O3S. The molecule has 2 aromatic carbocycles. The lowest BCUT2D eigenvalue weighted by atomic mass is 10.2. The maximum atomic E-state index is 13.3. The minimum Gasteiger partial charge on any atom is -0.266 e. The van der Waals surface area contributed by atoms with Gasteiger partial charge < -0.3 is 0 Å². The summed E-state index contributed by atoms with van der Waals surface area (Å²) in [6, 6.07) is 14.8. The average molecular weight is 389 g/mol. The fraction of sp³-hybridized carbons (Fsp3) is 0. The molecule has 28 heavy (non-hydrogen) atoms. The van der Waals surface area contributed by atoms with Gasteiger partial charge in [-0.15, -0.1) is 11.3 Å². The summed E-state index contributed by atoms with van der Waals surface area (Å²) in [5, 5.41) is 22.0. The second kappa shape index (κ2) is 6.94. The molecule has 1 amide bonds. The SMILES string of the molecule is N#Cc1ccc(N(C(=O)c2cc3cc([N+](=O)[O-])ccc3s2)n2ccnc2)cc1. The van der Waals surface area contributed by atoms with Gasteiger partial charge in [0.25, 0.3) is 11.6 Å². The number of nitriles is 1. The van der Waals surface area contributed by atoms with E-state index in [1.807, 2.05) is 6.07 Å². The molecule has 9 heteroatoms. The standard InChI is InChI=1S/C19H11N5O3S/c20-11-13-1-3-15(4-2-13)23(22-8-7-21-12-22)19(25)18-10-14-9-16(24(26)27)5-6-17(14)28-18/h1-10,12H. The van der Waals surface area contributed by atoms with E-state index < -0.39 is 4.92 Å². The number of fused-ring (bicyclic) bond motifs is 1. The van der Waals surface area contributed by atoms with E-state index >= 15 is 0 Å². The second-order valence-electron chi connectivity index (χ2n) is 5.81. The summed E-state index contributed by atoms with van der Waals surface area (Å²) in [4.78, 5) is 28.2. The molecule has 0 radical (unpaired) electrons. The average Bonchev–Trinajstić information content (AvgIpc) is 3.37. The summed E-state index contributed by atoms with van der Waals surface area (Å²) in [7, 11) is 0. The Morgan fingerprint density at radius 2 is 2.00 bits per heavy atom. The van der Waals surface area contributed by atoms with Crippen LogP contribution < -0.4 is 5.01 Å². The Hall–Kier alpha value is -4.03. The van der Waals surface area contributed by atoms with E-state index in [2.05, 4.69) is 4.98 Å². The number of non-ortho nitro benzene ring substituents is 1. The molecule has 4 aromatic rings. The number of rotatable bonds is 4. The molecule has 0 aliphatic carbocycles. The number of thiophene rings is 1. The van der Waals surface area contributed by atoms with Crippen LogP contribution in [0.5, 0.6) is 0 Å². The van der Waals surface area contributed by atoms with E-state index in [4.69, 9.17) is 5.26 Å². The number of amides is 1. The van der Waals surface area contributed by atoms with Gasteiger partial charge in [-0.3, -0.25) is 14.9 Å². The van der Waals surface area contributed by atoms with E-state index in [0.29, 0.717) is 21.5 Å². The smallest absolute Gasteiger partial charge is 0.266 e. The molecule has 136 valence electrons. The Morgan fingerprint density at radius 1 is 1.21 bits per heavy atom. The zero-order valence-corrected chi connectivity index (χ0v) is 15.0. The number of hydrogen-bond acceptors (Lipinski definition) is 6. The third kappa shape index (κ3) is 3.08.